The maximum absolute atomic E-state index is 11.8. The second-order valence-electron chi connectivity index (χ2n) is 5.32. The molecule has 1 N–H and O–H groups in total. The molecule has 4 heteroatoms. The molecule has 1 saturated heterocycles. The summed E-state index contributed by atoms with van der Waals surface area (Å²) in [5.41, 5.74) is 1.24. The highest BCUT2D eigenvalue weighted by atomic mass is 16.2. The lowest BCUT2D eigenvalue weighted by Gasteiger charge is -2.33. The van der Waals surface area contributed by atoms with Gasteiger partial charge in [0.15, 0.2) is 0 Å². The van der Waals surface area contributed by atoms with E-state index in [0.717, 1.165) is 38.4 Å². The number of hydrogen-bond donors (Lipinski definition) is 1. The third kappa shape index (κ3) is 3.83. The fraction of sp³-hybridized carbons (Fsp3) is 0.500. The van der Waals surface area contributed by atoms with Crippen LogP contribution in [0.4, 0.5) is 0 Å². The van der Waals surface area contributed by atoms with Gasteiger partial charge in [0.2, 0.25) is 11.9 Å². The van der Waals surface area contributed by atoms with Crippen LogP contribution in [-0.2, 0) is 11.3 Å². The Morgan fingerprint density at radius 1 is 1.35 bits per heavy atom. The van der Waals surface area contributed by atoms with Gasteiger partial charge in [-0.05, 0) is 12.0 Å². The number of carbonyl (C=O) groups is 1. The van der Waals surface area contributed by atoms with Crippen molar-refractivity contribution >= 4 is 11.9 Å². The van der Waals surface area contributed by atoms with Gasteiger partial charge in [-0.1, -0.05) is 50.6 Å². The molecule has 20 heavy (non-hydrogen) atoms. The zero-order valence-electron chi connectivity index (χ0n) is 12.3. The molecule has 0 saturated carbocycles. The number of aliphatic imine (C=N–C) groups is 1. The molecule has 1 aliphatic rings. The van der Waals surface area contributed by atoms with Crippen molar-refractivity contribution in [2.24, 2.45) is 10.9 Å². The normalized spacial score (nSPS) is 21.1. The van der Waals surface area contributed by atoms with E-state index in [2.05, 4.69) is 34.3 Å². The SMILES string of the molecule is CCCCN=C1NC(=O)C(C)CN1Cc1ccccc1. The van der Waals surface area contributed by atoms with Gasteiger partial charge in [0.1, 0.15) is 0 Å². The molecule has 1 heterocycles. The van der Waals surface area contributed by atoms with Gasteiger partial charge < -0.3 is 4.90 Å². The minimum Gasteiger partial charge on any atom is -0.338 e. The maximum atomic E-state index is 11.8. The molecule has 108 valence electrons. The zero-order chi connectivity index (χ0) is 14.4. The second kappa shape index (κ2) is 7.08. The summed E-state index contributed by atoms with van der Waals surface area (Å²) in [4.78, 5) is 18.5. The summed E-state index contributed by atoms with van der Waals surface area (Å²) in [5.74, 6) is 0.804. The Hall–Kier alpha value is -1.84. The number of rotatable bonds is 5. The fourth-order valence-corrected chi connectivity index (χ4v) is 2.24. The predicted octanol–water partition coefficient (Wildman–Crippen LogP) is 2.41. The first-order valence-corrected chi connectivity index (χ1v) is 7.35. The first kappa shape index (κ1) is 14.6. The van der Waals surface area contributed by atoms with Crippen molar-refractivity contribution in [3.05, 3.63) is 35.9 Å². The Labute approximate surface area is 120 Å². The Bertz CT molecular complexity index is 470. The molecule has 1 unspecified atom stereocenters. The fourth-order valence-electron chi connectivity index (χ4n) is 2.24. The first-order chi connectivity index (χ1) is 9.70. The Kier molecular flexibility index (Phi) is 5.16. The van der Waals surface area contributed by atoms with Crippen LogP contribution in [0.1, 0.15) is 32.3 Å². The number of benzene rings is 1. The highest BCUT2D eigenvalue weighted by Crippen LogP contribution is 2.12. The van der Waals surface area contributed by atoms with Crippen molar-refractivity contribution in [3.8, 4) is 0 Å². The molecule has 1 amide bonds. The van der Waals surface area contributed by atoms with Crippen molar-refractivity contribution in [1.29, 1.82) is 0 Å². The molecule has 0 aliphatic carbocycles. The summed E-state index contributed by atoms with van der Waals surface area (Å²) in [7, 11) is 0. The van der Waals surface area contributed by atoms with Gasteiger partial charge in [0.05, 0.1) is 5.92 Å². The largest absolute Gasteiger partial charge is 0.338 e. The Morgan fingerprint density at radius 3 is 2.80 bits per heavy atom. The molecule has 0 radical (unpaired) electrons. The highest BCUT2D eigenvalue weighted by molar-refractivity contribution is 6.00. The van der Waals surface area contributed by atoms with Gasteiger partial charge in [-0.3, -0.25) is 15.1 Å². The molecule has 1 fully saturated rings. The third-order valence-corrected chi connectivity index (χ3v) is 3.47. The molecule has 2 rings (SSSR count). The standard InChI is InChI=1S/C16H23N3O/c1-3-4-10-17-16-18-15(20)13(2)11-19(16)12-14-8-6-5-7-9-14/h5-9,13H,3-4,10-12H2,1-2H3,(H,17,18,20). The molecule has 1 aromatic rings. The highest BCUT2D eigenvalue weighted by Gasteiger charge is 2.27. The lowest BCUT2D eigenvalue weighted by molar-refractivity contribution is -0.124. The summed E-state index contributed by atoms with van der Waals surface area (Å²) in [5, 5.41) is 2.93. The quantitative estimate of drug-likeness (QED) is 0.837. The van der Waals surface area contributed by atoms with E-state index in [9.17, 15) is 4.79 Å². The predicted molar refractivity (Wildman–Crippen MR) is 81.4 cm³/mol. The molecule has 4 nitrogen and oxygen atoms in total. The number of unbranched alkanes of at least 4 members (excludes halogenated alkanes) is 1. The van der Waals surface area contributed by atoms with Crippen LogP contribution in [0.25, 0.3) is 0 Å². The van der Waals surface area contributed by atoms with Crippen molar-refractivity contribution in [2.45, 2.75) is 33.2 Å². The van der Waals surface area contributed by atoms with E-state index in [1.165, 1.54) is 5.56 Å². The monoisotopic (exact) mass is 273 g/mol. The van der Waals surface area contributed by atoms with Crippen LogP contribution in [0.3, 0.4) is 0 Å². The lowest BCUT2D eigenvalue weighted by atomic mass is 10.1. The Balaban J connectivity index is 2.09. The van der Waals surface area contributed by atoms with Crippen LogP contribution in [0, 0.1) is 5.92 Å². The van der Waals surface area contributed by atoms with Crippen LogP contribution in [0.15, 0.2) is 35.3 Å². The van der Waals surface area contributed by atoms with Crippen LogP contribution < -0.4 is 5.32 Å². The van der Waals surface area contributed by atoms with Crippen LogP contribution in [-0.4, -0.2) is 29.9 Å². The minimum absolute atomic E-state index is 0.00355. The van der Waals surface area contributed by atoms with Crippen molar-refractivity contribution < 1.29 is 4.79 Å². The molecular weight excluding hydrogens is 250 g/mol. The Morgan fingerprint density at radius 2 is 2.10 bits per heavy atom. The lowest BCUT2D eigenvalue weighted by Crippen LogP contribution is -2.54. The summed E-state index contributed by atoms with van der Waals surface area (Å²) in [6.07, 6.45) is 2.16. The number of carbonyl (C=O) groups excluding carboxylic acids is 1. The van der Waals surface area contributed by atoms with Gasteiger partial charge in [-0.15, -0.1) is 0 Å². The van der Waals surface area contributed by atoms with E-state index in [1.54, 1.807) is 0 Å². The van der Waals surface area contributed by atoms with Crippen molar-refractivity contribution in [2.75, 3.05) is 13.1 Å². The molecule has 1 aromatic carbocycles. The maximum Gasteiger partial charge on any atom is 0.231 e. The summed E-state index contributed by atoms with van der Waals surface area (Å²) >= 11 is 0. The first-order valence-electron chi connectivity index (χ1n) is 7.35. The van der Waals surface area contributed by atoms with Gasteiger partial charge >= 0.3 is 0 Å². The summed E-state index contributed by atoms with van der Waals surface area (Å²) < 4.78 is 0. The third-order valence-electron chi connectivity index (χ3n) is 3.47. The van der Waals surface area contributed by atoms with E-state index >= 15 is 0 Å². The van der Waals surface area contributed by atoms with Gasteiger partial charge in [0.25, 0.3) is 0 Å². The number of guanidine groups is 1. The van der Waals surface area contributed by atoms with Crippen LogP contribution >= 0.6 is 0 Å². The molecule has 0 aromatic heterocycles. The summed E-state index contributed by atoms with van der Waals surface area (Å²) in [6, 6.07) is 10.3. The van der Waals surface area contributed by atoms with E-state index in [-0.39, 0.29) is 11.8 Å². The van der Waals surface area contributed by atoms with Crippen LogP contribution in [0.2, 0.25) is 0 Å². The molecular formula is C16H23N3O. The number of amides is 1. The molecule has 0 spiro atoms. The number of nitrogens with zero attached hydrogens (tertiary/aromatic N) is 2. The average Bonchev–Trinajstić information content (AvgIpc) is 2.45. The van der Waals surface area contributed by atoms with Crippen LogP contribution in [0.5, 0.6) is 0 Å². The van der Waals surface area contributed by atoms with Gasteiger partial charge in [-0.2, -0.15) is 0 Å². The van der Waals surface area contributed by atoms with Crippen molar-refractivity contribution in [3.63, 3.8) is 0 Å². The zero-order valence-corrected chi connectivity index (χ0v) is 12.3. The average molecular weight is 273 g/mol. The van der Waals surface area contributed by atoms with Gasteiger partial charge in [0, 0.05) is 19.6 Å². The number of hydrogen-bond acceptors (Lipinski definition) is 2. The van der Waals surface area contributed by atoms with E-state index in [1.807, 2.05) is 25.1 Å². The smallest absolute Gasteiger partial charge is 0.231 e. The van der Waals surface area contributed by atoms with E-state index < -0.39 is 0 Å². The number of nitrogens with one attached hydrogen (secondary N) is 1. The second-order valence-corrected chi connectivity index (χ2v) is 5.32. The topological polar surface area (TPSA) is 44.7 Å². The van der Waals surface area contributed by atoms with Crippen molar-refractivity contribution in [1.82, 2.24) is 10.2 Å². The molecule has 1 atom stereocenters. The van der Waals surface area contributed by atoms with E-state index in [4.69, 9.17) is 0 Å². The molecule has 1 aliphatic heterocycles. The minimum atomic E-state index is 0.00355. The molecule has 0 bridgehead atoms. The van der Waals surface area contributed by atoms with Gasteiger partial charge in [-0.25, -0.2) is 0 Å². The van der Waals surface area contributed by atoms with E-state index in [0.29, 0.717) is 0 Å². The summed E-state index contributed by atoms with van der Waals surface area (Å²) in [6.45, 7) is 6.38.